The number of imide groups is 1. The van der Waals surface area contributed by atoms with E-state index in [1.165, 1.54) is 16.2 Å². The first-order valence-electron chi connectivity index (χ1n) is 7.29. The number of thiazole rings is 1. The largest absolute Gasteiger partial charge is 0.508 e. The van der Waals surface area contributed by atoms with Gasteiger partial charge in [0, 0.05) is 0 Å². The molecule has 1 aromatic carbocycles. The van der Waals surface area contributed by atoms with Crippen LogP contribution >= 0.6 is 11.3 Å². The first kappa shape index (κ1) is 12.3. The lowest BCUT2D eigenvalue weighted by Gasteiger charge is -2.14. The van der Waals surface area contributed by atoms with Gasteiger partial charge in [0.1, 0.15) is 5.75 Å². The molecule has 3 aliphatic rings. The number of hydrogen-bond acceptors (Lipinski definition) is 5. The van der Waals surface area contributed by atoms with Crippen LogP contribution in [0.4, 0.5) is 5.13 Å². The minimum Gasteiger partial charge on any atom is -0.508 e. The zero-order valence-corrected chi connectivity index (χ0v) is 12.3. The first-order chi connectivity index (χ1) is 10.6. The number of carbonyl (C=O) groups is 2. The molecular weight excluding hydrogens is 300 g/mol. The molecule has 110 valence electrons. The Balaban J connectivity index is 1.60. The number of benzene rings is 1. The molecule has 0 radical (unpaired) electrons. The molecule has 1 aliphatic heterocycles. The van der Waals surface area contributed by atoms with Crippen LogP contribution in [0.5, 0.6) is 5.75 Å². The van der Waals surface area contributed by atoms with E-state index in [1.54, 1.807) is 18.2 Å². The van der Waals surface area contributed by atoms with Gasteiger partial charge in [-0.3, -0.25) is 9.59 Å². The number of amides is 2. The minimum atomic E-state index is -0.206. The molecule has 6 heteroatoms. The standard InChI is InChI=1S/C16H12N2O3S/c19-9-3-4-10-11(6-9)22-16(17-10)18-14(20)12-7-1-2-8(5-7)13(12)15(18)21/h1-4,6-8,12-13,19H,5H2/t7-,8+,12-,13+. The Hall–Kier alpha value is -2.21. The number of rotatable bonds is 1. The van der Waals surface area contributed by atoms with Crippen molar-refractivity contribution >= 4 is 38.5 Å². The normalized spacial score (nSPS) is 32.5. The molecule has 5 rings (SSSR count). The van der Waals surface area contributed by atoms with Crippen LogP contribution in [0.15, 0.2) is 30.4 Å². The van der Waals surface area contributed by atoms with Crippen molar-refractivity contribution in [3.8, 4) is 5.75 Å². The summed E-state index contributed by atoms with van der Waals surface area (Å²) in [6, 6.07) is 4.85. The number of hydrogen-bond donors (Lipinski definition) is 1. The molecule has 2 bridgehead atoms. The van der Waals surface area contributed by atoms with E-state index >= 15 is 0 Å². The third-order valence-electron chi connectivity index (χ3n) is 5.02. The van der Waals surface area contributed by atoms with E-state index in [4.69, 9.17) is 0 Å². The number of anilines is 1. The summed E-state index contributed by atoms with van der Waals surface area (Å²) in [5, 5.41) is 9.96. The van der Waals surface area contributed by atoms with Gasteiger partial charge in [-0.15, -0.1) is 0 Å². The molecule has 1 N–H and O–H groups in total. The van der Waals surface area contributed by atoms with Crippen molar-refractivity contribution in [2.24, 2.45) is 23.7 Å². The second kappa shape index (κ2) is 3.95. The lowest BCUT2D eigenvalue weighted by molar-refractivity contribution is -0.123. The summed E-state index contributed by atoms with van der Waals surface area (Å²) in [6.45, 7) is 0. The maximum atomic E-state index is 12.7. The Morgan fingerprint density at radius 3 is 2.50 bits per heavy atom. The summed E-state index contributed by atoms with van der Waals surface area (Å²) in [4.78, 5) is 31.1. The Bertz CT molecular complexity index is 841. The number of carbonyl (C=O) groups excluding carboxylic acids is 2. The molecular formula is C16H12N2O3S. The van der Waals surface area contributed by atoms with Crippen LogP contribution in [0.2, 0.25) is 0 Å². The molecule has 2 amide bonds. The first-order valence-corrected chi connectivity index (χ1v) is 8.11. The zero-order chi connectivity index (χ0) is 15.0. The van der Waals surface area contributed by atoms with Crippen LogP contribution in [-0.2, 0) is 9.59 Å². The molecule has 2 fully saturated rings. The summed E-state index contributed by atoms with van der Waals surface area (Å²) in [5.74, 6) is -0.0817. The van der Waals surface area contributed by atoms with Gasteiger partial charge in [-0.2, -0.15) is 0 Å². The summed E-state index contributed by atoms with van der Waals surface area (Å²) < 4.78 is 0.772. The predicted molar refractivity (Wildman–Crippen MR) is 81.5 cm³/mol. The van der Waals surface area contributed by atoms with Crippen LogP contribution in [0.1, 0.15) is 6.42 Å². The number of fused-ring (bicyclic) bond motifs is 6. The van der Waals surface area contributed by atoms with Gasteiger partial charge < -0.3 is 5.11 Å². The second-order valence-electron chi connectivity index (χ2n) is 6.16. The quantitative estimate of drug-likeness (QED) is 0.648. The smallest absolute Gasteiger partial charge is 0.240 e. The Kier molecular flexibility index (Phi) is 2.22. The fourth-order valence-electron chi connectivity index (χ4n) is 4.09. The lowest BCUT2D eigenvalue weighted by Crippen LogP contribution is -2.32. The molecule has 1 aromatic heterocycles. The van der Waals surface area contributed by atoms with Crippen molar-refractivity contribution in [2.45, 2.75) is 6.42 Å². The highest BCUT2D eigenvalue weighted by molar-refractivity contribution is 7.22. The molecule has 1 saturated carbocycles. The molecule has 0 unspecified atom stereocenters. The number of aromatic hydroxyl groups is 1. The minimum absolute atomic E-state index is 0.116. The van der Waals surface area contributed by atoms with E-state index in [1.807, 2.05) is 0 Å². The van der Waals surface area contributed by atoms with E-state index in [2.05, 4.69) is 17.1 Å². The van der Waals surface area contributed by atoms with E-state index in [-0.39, 0.29) is 41.2 Å². The fraction of sp³-hybridized carbons (Fsp3) is 0.312. The maximum absolute atomic E-state index is 12.7. The van der Waals surface area contributed by atoms with E-state index in [9.17, 15) is 14.7 Å². The van der Waals surface area contributed by atoms with E-state index in [0.717, 1.165) is 11.1 Å². The van der Waals surface area contributed by atoms with Crippen LogP contribution in [-0.4, -0.2) is 21.9 Å². The van der Waals surface area contributed by atoms with E-state index in [0.29, 0.717) is 10.6 Å². The Labute approximate surface area is 129 Å². The predicted octanol–water partition coefficient (Wildman–Crippen LogP) is 2.31. The summed E-state index contributed by atoms with van der Waals surface area (Å²) in [7, 11) is 0. The summed E-state index contributed by atoms with van der Waals surface area (Å²) >= 11 is 1.27. The van der Waals surface area contributed by atoms with Crippen LogP contribution in [0, 0.1) is 23.7 Å². The van der Waals surface area contributed by atoms with Gasteiger partial charge in [-0.1, -0.05) is 23.5 Å². The third-order valence-corrected chi connectivity index (χ3v) is 6.03. The van der Waals surface area contributed by atoms with Gasteiger partial charge in [-0.05, 0) is 36.5 Å². The fourth-order valence-corrected chi connectivity index (χ4v) is 5.10. The molecule has 22 heavy (non-hydrogen) atoms. The molecule has 5 nitrogen and oxygen atoms in total. The van der Waals surface area contributed by atoms with Crippen molar-refractivity contribution in [3.63, 3.8) is 0 Å². The third kappa shape index (κ3) is 1.40. The van der Waals surface area contributed by atoms with Crippen molar-refractivity contribution in [2.75, 3.05) is 4.90 Å². The van der Waals surface area contributed by atoms with Gasteiger partial charge >= 0.3 is 0 Å². The van der Waals surface area contributed by atoms with Gasteiger partial charge in [0.25, 0.3) is 0 Å². The average Bonchev–Trinajstić information content (AvgIpc) is 3.21. The number of phenols is 1. The molecule has 2 heterocycles. The summed E-state index contributed by atoms with van der Waals surface area (Å²) in [6.07, 6.45) is 5.09. The average molecular weight is 312 g/mol. The van der Waals surface area contributed by atoms with Gasteiger partial charge in [0.2, 0.25) is 11.8 Å². The van der Waals surface area contributed by atoms with Gasteiger partial charge in [0.15, 0.2) is 5.13 Å². The van der Waals surface area contributed by atoms with Crippen molar-refractivity contribution in [3.05, 3.63) is 30.4 Å². The molecule has 0 spiro atoms. The number of nitrogens with zero attached hydrogens (tertiary/aromatic N) is 2. The Morgan fingerprint density at radius 1 is 1.14 bits per heavy atom. The lowest BCUT2D eigenvalue weighted by atomic mass is 9.85. The van der Waals surface area contributed by atoms with Crippen molar-refractivity contribution < 1.29 is 14.7 Å². The number of phenolic OH excluding ortho intramolecular Hbond substituents is 1. The van der Waals surface area contributed by atoms with Crippen molar-refractivity contribution in [1.82, 2.24) is 4.98 Å². The van der Waals surface area contributed by atoms with Gasteiger partial charge in [0.05, 0.1) is 22.1 Å². The number of allylic oxidation sites excluding steroid dienone is 2. The topological polar surface area (TPSA) is 70.5 Å². The molecule has 4 atom stereocenters. The summed E-state index contributed by atoms with van der Waals surface area (Å²) in [5.41, 5.74) is 0.691. The Morgan fingerprint density at radius 2 is 1.82 bits per heavy atom. The highest BCUT2D eigenvalue weighted by Gasteiger charge is 2.60. The monoisotopic (exact) mass is 312 g/mol. The highest BCUT2D eigenvalue weighted by atomic mass is 32.1. The second-order valence-corrected chi connectivity index (χ2v) is 7.17. The number of aromatic nitrogens is 1. The van der Waals surface area contributed by atoms with Crippen molar-refractivity contribution in [1.29, 1.82) is 0 Å². The molecule has 2 aliphatic carbocycles. The van der Waals surface area contributed by atoms with Gasteiger partial charge in [-0.25, -0.2) is 9.88 Å². The highest BCUT2D eigenvalue weighted by Crippen LogP contribution is 2.53. The zero-order valence-electron chi connectivity index (χ0n) is 11.5. The maximum Gasteiger partial charge on any atom is 0.240 e. The van der Waals surface area contributed by atoms with Crippen LogP contribution in [0.25, 0.3) is 10.2 Å². The molecule has 2 aromatic rings. The van der Waals surface area contributed by atoms with Crippen LogP contribution in [0.3, 0.4) is 0 Å². The molecule has 1 saturated heterocycles. The van der Waals surface area contributed by atoms with E-state index < -0.39 is 0 Å². The SMILES string of the molecule is O=C1[C@@H]2[C@H](C(=O)N1c1nc3ccc(O)cc3s1)[C@@H]1C=C[C@H]2C1. The van der Waals surface area contributed by atoms with Crippen LogP contribution < -0.4 is 4.90 Å².